The second-order valence-electron chi connectivity index (χ2n) is 7.80. The molecule has 8 nitrogen and oxygen atoms in total. The molecule has 0 saturated carbocycles. The number of pyridine rings is 1. The first-order valence-corrected chi connectivity index (χ1v) is 10.3. The fraction of sp³-hybridized carbons (Fsp3) is 0.304. The maximum Gasteiger partial charge on any atom is 0.425 e. The molecule has 0 spiro atoms. The Balaban J connectivity index is 1.64. The molecule has 176 valence electrons. The number of nitrogens with zero attached hydrogens (tertiary/aromatic N) is 5. The van der Waals surface area contributed by atoms with Gasteiger partial charge in [-0.25, -0.2) is 4.68 Å². The van der Waals surface area contributed by atoms with Gasteiger partial charge in [-0.2, -0.15) is 23.5 Å². The van der Waals surface area contributed by atoms with Crippen molar-refractivity contribution in [1.29, 1.82) is 5.26 Å². The molecule has 1 aliphatic rings. The average molecular weight is 471 g/mol. The summed E-state index contributed by atoms with van der Waals surface area (Å²) in [6.45, 7) is 3.03. The van der Waals surface area contributed by atoms with E-state index in [2.05, 4.69) is 10.1 Å². The minimum absolute atomic E-state index is 0.00635. The molecule has 0 saturated heterocycles. The van der Waals surface area contributed by atoms with Gasteiger partial charge in [0.2, 0.25) is 0 Å². The Morgan fingerprint density at radius 1 is 1.24 bits per heavy atom. The molecule has 11 heteroatoms. The first kappa shape index (κ1) is 23.1. The highest BCUT2D eigenvalue weighted by molar-refractivity contribution is 6.00. The quantitative estimate of drug-likeness (QED) is 0.560. The molecule has 3 heterocycles. The van der Waals surface area contributed by atoms with Gasteiger partial charge in [0.15, 0.2) is 11.9 Å². The monoisotopic (exact) mass is 471 g/mol. The summed E-state index contributed by atoms with van der Waals surface area (Å²) >= 11 is 0. The minimum Gasteiger partial charge on any atom is -0.494 e. The van der Waals surface area contributed by atoms with Gasteiger partial charge >= 0.3 is 6.18 Å². The Labute approximate surface area is 193 Å². The number of carbonyl (C=O) groups is 1. The number of aryl methyl sites for hydroxylation is 1. The van der Waals surface area contributed by atoms with Crippen molar-refractivity contribution < 1.29 is 27.4 Å². The van der Waals surface area contributed by atoms with Crippen molar-refractivity contribution in [3.05, 3.63) is 64.7 Å². The number of rotatable bonds is 5. The number of ether oxygens (including phenoxy) is 2. The molecule has 34 heavy (non-hydrogen) atoms. The summed E-state index contributed by atoms with van der Waals surface area (Å²) in [5.74, 6) is -1.08. The molecular formula is C23H20F3N5O3. The number of fused-ring (bicyclic) bond motifs is 1. The maximum absolute atomic E-state index is 13.4. The zero-order valence-corrected chi connectivity index (χ0v) is 18.6. The standard InChI is InChI=1S/C23H20F3N5O3/c1-13-4-6-17(9-28-13)31-11-16-10-30(12-18(16)29-31)22(32)20-19(34-14(2)23(24,25)26)7-5-15(8-27)21(20)33-3/h4-7,9,11,14H,10,12H2,1-3H3. The van der Waals surface area contributed by atoms with Crippen LogP contribution in [0.1, 0.15) is 39.8 Å². The molecule has 1 aromatic carbocycles. The van der Waals surface area contributed by atoms with Crippen molar-refractivity contribution >= 4 is 5.91 Å². The molecule has 0 bridgehead atoms. The Kier molecular flexibility index (Phi) is 5.91. The summed E-state index contributed by atoms with van der Waals surface area (Å²) in [5.41, 5.74) is 2.83. The summed E-state index contributed by atoms with van der Waals surface area (Å²) < 4.78 is 51.3. The smallest absolute Gasteiger partial charge is 0.425 e. The molecule has 4 rings (SSSR count). The van der Waals surface area contributed by atoms with Gasteiger partial charge in [-0.05, 0) is 38.1 Å². The van der Waals surface area contributed by atoms with Gasteiger partial charge < -0.3 is 14.4 Å². The van der Waals surface area contributed by atoms with Crippen LogP contribution in [0.4, 0.5) is 13.2 Å². The van der Waals surface area contributed by atoms with E-state index in [1.165, 1.54) is 24.1 Å². The highest BCUT2D eigenvalue weighted by Gasteiger charge is 2.40. The number of amides is 1. The third-order valence-electron chi connectivity index (χ3n) is 5.45. The lowest BCUT2D eigenvalue weighted by Gasteiger charge is -2.23. The molecule has 0 radical (unpaired) electrons. The summed E-state index contributed by atoms with van der Waals surface area (Å²) in [6, 6.07) is 8.05. The van der Waals surface area contributed by atoms with Gasteiger partial charge in [-0.15, -0.1) is 0 Å². The second kappa shape index (κ2) is 8.70. The topological polar surface area (TPSA) is 93.3 Å². The first-order valence-electron chi connectivity index (χ1n) is 10.3. The van der Waals surface area contributed by atoms with Crippen LogP contribution < -0.4 is 9.47 Å². The number of hydrogen-bond donors (Lipinski definition) is 0. The molecule has 1 atom stereocenters. The second-order valence-corrected chi connectivity index (χ2v) is 7.80. The van der Waals surface area contributed by atoms with Gasteiger partial charge in [0, 0.05) is 24.0 Å². The molecule has 3 aromatic rings. The van der Waals surface area contributed by atoms with Crippen LogP contribution in [0.15, 0.2) is 36.7 Å². The average Bonchev–Trinajstić information content (AvgIpc) is 3.37. The summed E-state index contributed by atoms with van der Waals surface area (Å²) in [7, 11) is 1.24. The highest BCUT2D eigenvalue weighted by atomic mass is 19.4. The lowest BCUT2D eigenvalue weighted by atomic mass is 10.1. The van der Waals surface area contributed by atoms with Gasteiger partial charge in [0.1, 0.15) is 17.4 Å². The van der Waals surface area contributed by atoms with Gasteiger partial charge in [0.05, 0.1) is 36.8 Å². The lowest BCUT2D eigenvalue weighted by Crippen LogP contribution is -2.33. The first-order chi connectivity index (χ1) is 16.1. The van der Waals surface area contributed by atoms with E-state index in [0.29, 0.717) is 5.69 Å². The van der Waals surface area contributed by atoms with Crippen LogP contribution in [0, 0.1) is 18.3 Å². The molecule has 1 aliphatic heterocycles. The van der Waals surface area contributed by atoms with Gasteiger partial charge in [0.25, 0.3) is 5.91 Å². The predicted molar refractivity (Wildman–Crippen MR) is 114 cm³/mol. The van der Waals surface area contributed by atoms with Crippen LogP contribution in [-0.2, 0) is 13.1 Å². The normalized spacial score (nSPS) is 13.9. The fourth-order valence-electron chi connectivity index (χ4n) is 3.60. The van der Waals surface area contributed by atoms with Crippen LogP contribution in [0.2, 0.25) is 0 Å². The van der Waals surface area contributed by atoms with E-state index in [9.17, 15) is 23.2 Å². The molecule has 0 fully saturated rings. The van der Waals surface area contributed by atoms with Crippen LogP contribution in [0.25, 0.3) is 5.69 Å². The lowest BCUT2D eigenvalue weighted by molar-refractivity contribution is -0.189. The maximum atomic E-state index is 13.4. The number of carbonyl (C=O) groups excluding carboxylic acids is 1. The van der Waals surface area contributed by atoms with E-state index in [0.717, 1.165) is 23.9 Å². The van der Waals surface area contributed by atoms with E-state index in [4.69, 9.17) is 9.47 Å². The van der Waals surface area contributed by atoms with Crippen molar-refractivity contribution in [2.24, 2.45) is 0 Å². The third-order valence-corrected chi connectivity index (χ3v) is 5.45. The van der Waals surface area contributed by atoms with Crippen molar-refractivity contribution in [2.75, 3.05) is 7.11 Å². The predicted octanol–water partition coefficient (Wildman–Crippen LogP) is 3.94. The van der Waals surface area contributed by atoms with E-state index < -0.39 is 18.2 Å². The zero-order valence-electron chi connectivity index (χ0n) is 18.6. The van der Waals surface area contributed by atoms with E-state index in [-0.39, 0.29) is 35.7 Å². The van der Waals surface area contributed by atoms with Crippen molar-refractivity contribution in [1.82, 2.24) is 19.7 Å². The third kappa shape index (κ3) is 4.26. The summed E-state index contributed by atoms with van der Waals surface area (Å²) in [4.78, 5) is 19.1. The van der Waals surface area contributed by atoms with Crippen molar-refractivity contribution in [2.45, 2.75) is 39.2 Å². The number of nitriles is 1. The van der Waals surface area contributed by atoms with Crippen LogP contribution in [0.5, 0.6) is 11.5 Å². The molecule has 1 amide bonds. The van der Waals surface area contributed by atoms with E-state index in [1.54, 1.807) is 17.1 Å². The Hall–Kier alpha value is -4.07. The SMILES string of the molecule is COc1c(C#N)ccc(OC(C)C(F)(F)F)c1C(=O)N1Cc2cn(-c3ccc(C)nc3)nc2C1. The van der Waals surface area contributed by atoms with Crippen molar-refractivity contribution in [3.8, 4) is 23.3 Å². The van der Waals surface area contributed by atoms with E-state index in [1.807, 2.05) is 25.1 Å². The van der Waals surface area contributed by atoms with Crippen LogP contribution >= 0.6 is 0 Å². The van der Waals surface area contributed by atoms with Crippen LogP contribution in [0.3, 0.4) is 0 Å². The Bertz CT molecular complexity index is 1260. The molecule has 0 N–H and O–H groups in total. The largest absolute Gasteiger partial charge is 0.494 e. The van der Waals surface area contributed by atoms with Crippen molar-refractivity contribution in [3.63, 3.8) is 0 Å². The number of hydrogen-bond acceptors (Lipinski definition) is 6. The summed E-state index contributed by atoms with van der Waals surface area (Å²) in [5, 5.41) is 13.9. The number of alkyl halides is 3. The minimum atomic E-state index is -4.64. The Morgan fingerprint density at radius 2 is 2.00 bits per heavy atom. The molecule has 1 unspecified atom stereocenters. The number of methoxy groups -OCH3 is 1. The zero-order chi connectivity index (χ0) is 24.6. The summed E-state index contributed by atoms with van der Waals surface area (Å²) in [6.07, 6.45) is -3.34. The fourth-order valence-corrected chi connectivity index (χ4v) is 3.60. The van der Waals surface area contributed by atoms with Gasteiger partial charge in [-0.1, -0.05) is 0 Å². The Morgan fingerprint density at radius 3 is 2.59 bits per heavy atom. The highest BCUT2D eigenvalue weighted by Crippen LogP contribution is 2.37. The number of benzene rings is 1. The molecule has 2 aromatic heterocycles. The number of halogens is 3. The molecule has 0 aliphatic carbocycles. The number of aromatic nitrogens is 3. The van der Waals surface area contributed by atoms with Crippen LogP contribution in [-0.4, -0.2) is 45.0 Å². The van der Waals surface area contributed by atoms with E-state index >= 15 is 0 Å². The molecular weight excluding hydrogens is 451 g/mol. The van der Waals surface area contributed by atoms with Gasteiger partial charge in [-0.3, -0.25) is 9.78 Å².